The number of fused-ring (bicyclic) bond motifs is 1. The van der Waals surface area contributed by atoms with Gasteiger partial charge in [-0.2, -0.15) is 0 Å². The summed E-state index contributed by atoms with van der Waals surface area (Å²) in [6.45, 7) is -3.18. The monoisotopic (exact) mass is 232 g/mol. The molecule has 0 amide bonds. The van der Waals surface area contributed by atoms with Gasteiger partial charge in [0.1, 0.15) is 13.1 Å². The highest BCUT2D eigenvalue weighted by Crippen LogP contribution is 2.34. The number of halogens is 1. The molecule has 0 saturated carbocycles. The highest BCUT2D eigenvalue weighted by atomic mass is 79.9. The van der Waals surface area contributed by atoms with Crippen LogP contribution in [-0.2, 0) is 0 Å². The Morgan fingerprint density at radius 1 is 1.33 bits per heavy atom. The number of hydrogen-bond acceptors (Lipinski definition) is 2. The molecule has 0 saturated heterocycles. The molecule has 0 spiro atoms. The van der Waals surface area contributed by atoms with Crippen molar-refractivity contribution in [1.82, 2.24) is 0 Å². The van der Waals surface area contributed by atoms with Crippen LogP contribution >= 0.6 is 15.9 Å². The Bertz CT molecular complexity index is 406. The van der Waals surface area contributed by atoms with Crippen molar-refractivity contribution >= 4 is 15.9 Å². The Kier molecular flexibility index (Phi) is 1.12. The molecule has 1 aromatic rings. The maximum atomic E-state index is 7.42. The molecule has 0 bridgehead atoms. The third-order valence-corrected chi connectivity index (χ3v) is 2.44. The standard InChI is InChI=1S/C9H9BrO2/c1-6-4-8-9(5-7(6)10)12-3-2-11-8/h4-5H,2-3H2,1H3/i2D2,3D2. The van der Waals surface area contributed by atoms with Crippen molar-refractivity contribution < 1.29 is 15.0 Å². The summed E-state index contributed by atoms with van der Waals surface area (Å²) >= 11 is 3.29. The zero-order valence-corrected chi connectivity index (χ0v) is 7.94. The molecular weight excluding hydrogens is 220 g/mol. The van der Waals surface area contributed by atoms with E-state index in [1.165, 1.54) is 0 Å². The van der Waals surface area contributed by atoms with E-state index in [0.29, 0.717) is 0 Å². The quantitative estimate of drug-likeness (QED) is 0.685. The minimum Gasteiger partial charge on any atom is -0.486 e. The summed E-state index contributed by atoms with van der Waals surface area (Å²) in [5.74, 6) is 0.401. The average Bonchev–Trinajstić information content (AvgIpc) is 2.10. The molecule has 0 N–H and O–H groups in total. The molecule has 1 aliphatic heterocycles. The summed E-state index contributed by atoms with van der Waals surface area (Å²) in [7, 11) is 0. The number of aryl methyl sites for hydroxylation is 1. The van der Waals surface area contributed by atoms with Gasteiger partial charge in [-0.15, -0.1) is 0 Å². The number of rotatable bonds is 0. The van der Waals surface area contributed by atoms with E-state index in [4.69, 9.17) is 15.0 Å². The first-order valence-corrected chi connectivity index (χ1v) is 4.20. The molecule has 1 aromatic carbocycles. The molecule has 64 valence electrons. The van der Waals surface area contributed by atoms with Crippen LogP contribution in [0.1, 0.15) is 11.0 Å². The van der Waals surface area contributed by atoms with E-state index >= 15 is 0 Å². The van der Waals surface area contributed by atoms with E-state index in [1.54, 1.807) is 12.1 Å². The lowest BCUT2D eigenvalue weighted by Gasteiger charge is -2.19. The Labute approximate surface area is 85.2 Å². The lowest BCUT2D eigenvalue weighted by Crippen LogP contribution is -2.15. The fraction of sp³-hybridized carbons (Fsp3) is 0.333. The van der Waals surface area contributed by atoms with E-state index in [0.717, 1.165) is 10.0 Å². The zero-order valence-electron chi connectivity index (χ0n) is 10.3. The topological polar surface area (TPSA) is 18.5 Å². The first kappa shape index (κ1) is 4.51. The summed E-state index contributed by atoms with van der Waals surface area (Å²) in [6, 6.07) is 3.17. The summed E-state index contributed by atoms with van der Waals surface area (Å²) < 4.78 is 40.4. The maximum absolute atomic E-state index is 7.42. The van der Waals surface area contributed by atoms with Crippen molar-refractivity contribution in [2.45, 2.75) is 6.92 Å². The van der Waals surface area contributed by atoms with Gasteiger partial charge in [-0.25, -0.2) is 0 Å². The summed E-state index contributed by atoms with van der Waals surface area (Å²) in [4.78, 5) is 0. The molecule has 2 nitrogen and oxygen atoms in total. The predicted octanol–water partition coefficient (Wildman–Crippen LogP) is 2.53. The molecule has 0 radical (unpaired) electrons. The largest absolute Gasteiger partial charge is 0.486 e. The fourth-order valence-corrected chi connectivity index (χ4v) is 1.27. The average molecular weight is 233 g/mol. The lowest BCUT2D eigenvalue weighted by atomic mass is 10.2. The van der Waals surface area contributed by atoms with Gasteiger partial charge in [0.05, 0.1) is 5.48 Å². The van der Waals surface area contributed by atoms with E-state index in [2.05, 4.69) is 15.9 Å². The third-order valence-electron chi connectivity index (χ3n) is 1.59. The van der Waals surface area contributed by atoms with E-state index in [1.807, 2.05) is 6.92 Å². The lowest BCUT2D eigenvalue weighted by molar-refractivity contribution is 0.171. The van der Waals surface area contributed by atoms with Gasteiger partial charge in [0.15, 0.2) is 11.5 Å². The van der Waals surface area contributed by atoms with Crippen LogP contribution in [0.5, 0.6) is 11.5 Å². The van der Waals surface area contributed by atoms with Crippen molar-refractivity contribution in [2.75, 3.05) is 13.1 Å². The first-order valence-electron chi connectivity index (χ1n) is 5.41. The number of ether oxygens (including phenoxy) is 2. The second-order valence-electron chi connectivity index (χ2n) is 2.46. The van der Waals surface area contributed by atoms with Crippen molar-refractivity contribution in [2.24, 2.45) is 0 Å². The van der Waals surface area contributed by atoms with Gasteiger partial charge in [-0.05, 0) is 24.6 Å². The van der Waals surface area contributed by atoms with Crippen molar-refractivity contribution in [3.8, 4) is 11.5 Å². The van der Waals surface area contributed by atoms with Gasteiger partial charge in [-0.1, -0.05) is 15.9 Å². The van der Waals surface area contributed by atoms with Crippen LogP contribution in [0.25, 0.3) is 0 Å². The van der Waals surface area contributed by atoms with Gasteiger partial charge in [-0.3, -0.25) is 0 Å². The van der Waals surface area contributed by atoms with Crippen LogP contribution in [-0.4, -0.2) is 13.1 Å². The minimum atomic E-state index is -2.51. The molecule has 12 heavy (non-hydrogen) atoms. The summed E-state index contributed by atoms with van der Waals surface area (Å²) in [5.41, 5.74) is 0.862. The van der Waals surface area contributed by atoms with Gasteiger partial charge < -0.3 is 9.47 Å². The minimum absolute atomic E-state index is 0.192. The Morgan fingerprint density at radius 3 is 2.58 bits per heavy atom. The molecule has 0 fully saturated rings. The van der Waals surface area contributed by atoms with E-state index in [9.17, 15) is 0 Å². The first-order chi connectivity index (χ1) is 7.23. The van der Waals surface area contributed by atoms with Gasteiger partial charge in [0.2, 0.25) is 0 Å². The Morgan fingerprint density at radius 2 is 1.92 bits per heavy atom. The second kappa shape index (κ2) is 2.98. The van der Waals surface area contributed by atoms with Crippen molar-refractivity contribution in [1.29, 1.82) is 0 Å². The third kappa shape index (κ3) is 1.29. The molecule has 2 rings (SSSR count). The Hall–Kier alpha value is -0.700. The van der Waals surface area contributed by atoms with Crippen LogP contribution in [0.15, 0.2) is 16.6 Å². The molecular formula is C9H9BrO2. The van der Waals surface area contributed by atoms with Crippen LogP contribution < -0.4 is 9.47 Å². The molecule has 0 aliphatic carbocycles. The second-order valence-corrected chi connectivity index (χ2v) is 3.31. The zero-order chi connectivity index (χ0) is 12.1. The van der Waals surface area contributed by atoms with Crippen LogP contribution in [0.3, 0.4) is 0 Å². The highest BCUT2D eigenvalue weighted by molar-refractivity contribution is 9.10. The van der Waals surface area contributed by atoms with Crippen molar-refractivity contribution in [3.63, 3.8) is 0 Å². The summed E-state index contributed by atoms with van der Waals surface area (Å²) in [6.07, 6.45) is 0. The SMILES string of the molecule is [2H]C1([2H])Oc2cc(C)c(Br)cc2OC1([2H])[2H]. The molecule has 1 heterocycles. The fourth-order valence-electron chi connectivity index (χ4n) is 0.948. The van der Waals surface area contributed by atoms with Gasteiger partial charge >= 0.3 is 0 Å². The van der Waals surface area contributed by atoms with Crippen LogP contribution in [0.2, 0.25) is 0 Å². The highest BCUT2D eigenvalue weighted by Gasteiger charge is 2.12. The molecule has 0 atom stereocenters. The number of benzene rings is 1. The smallest absolute Gasteiger partial charge is 0.162 e. The van der Waals surface area contributed by atoms with Gasteiger partial charge in [0.25, 0.3) is 0 Å². The summed E-state index contributed by atoms with van der Waals surface area (Å²) in [5, 5.41) is 0. The normalized spacial score (nSPS) is 27.8. The number of hydrogen-bond donors (Lipinski definition) is 0. The molecule has 0 aromatic heterocycles. The molecule has 1 aliphatic rings. The van der Waals surface area contributed by atoms with E-state index < -0.39 is 13.1 Å². The predicted molar refractivity (Wildman–Crippen MR) is 49.9 cm³/mol. The van der Waals surface area contributed by atoms with Crippen LogP contribution in [0.4, 0.5) is 0 Å². The van der Waals surface area contributed by atoms with Crippen molar-refractivity contribution in [3.05, 3.63) is 22.2 Å². The maximum Gasteiger partial charge on any atom is 0.162 e. The molecule has 0 unspecified atom stereocenters. The molecule has 3 heteroatoms. The van der Waals surface area contributed by atoms with Crippen LogP contribution in [0, 0.1) is 6.92 Å². The Balaban J connectivity index is 2.52. The van der Waals surface area contributed by atoms with E-state index in [-0.39, 0.29) is 11.5 Å². The van der Waals surface area contributed by atoms with Gasteiger partial charge in [0, 0.05) is 4.47 Å².